The van der Waals surface area contributed by atoms with Crippen LogP contribution in [0.1, 0.15) is 25.0 Å². The van der Waals surface area contributed by atoms with E-state index in [4.69, 9.17) is 0 Å². The summed E-state index contributed by atoms with van der Waals surface area (Å²) in [5, 5.41) is 12.0. The summed E-state index contributed by atoms with van der Waals surface area (Å²) in [6, 6.07) is 0. The van der Waals surface area contributed by atoms with Gasteiger partial charge in [0, 0.05) is 38.1 Å². The lowest BCUT2D eigenvalue weighted by atomic mass is 10.2. The van der Waals surface area contributed by atoms with E-state index in [1.165, 1.54) is 11.1 Å². The maximum Gasteiger partial charge on any atom is 0.0534 e. The highest BCUT2D eigenvalue weighted by Crippen LogP contribution is 2.02. The van der Waals surface area contributed by atoms with Crippen LogP contribution in [0.15, 0.2) is 24.8 Å². The zero-order valence-corrected chi connectivity index (χ0v) is 12.0. The maximum atomic E-state index is 4.39. The Balaban J connectivity index is 1.77. The molecule has 2 aromatic rings. The predicted octanol–water partition coefficient (Wildman–Crippen LogP) is 1.60. The van der Waals surface area contributed by atoms with Gasteiger partial charge < -0.3 is 5.32 Å². The molecule has 0 unspecified atom stereocenters. The van der Waals surface area contributed by atoms with E-state index in [2.05, 4.69) is 41.8 Å². The minimum atomic E-state index is 0.681. The Morgan fingerprint density at radius 1 is 1.16 bits per heavy atom. The molecule has 1 N–H and O–H groups in total. The van der Waals surface area contributed by atoms with Gasteiger partial charge in [0.2, 0.25) is 0 Å². The van der Waals surface area contributed by atoms with Crippen molar-refractivity contribution >= 4 is 0 Å². The zero-order chi connectivity index (χ0) is 13.7. The molecule has 0 aromatic carbocycles. The molecule has 2 rings (SSSR count). The molecule has 0 saturated heterocycles. The van der Waals surface area contributed by atoms with Gasteiger partial charge in [-0.3, -0.25) is 9.36 Å². The molecule has 0 aliphatic carbocycles. The van der Waals surface area contributed by atoms with Gasteiger partial charge in [0.05, 0.1) is 12.4 Å². The van der Waals surface area contributed by atoms with E-state index >= 15 is 0 Å². The summed E-state index contributed by atoms with van der Waals surface area (Å²) in [7, 11) is 1.94. The molecule has 0 bridgehead atoms. The van der Waals surface area contributed by atoms with Crippen molar-refractivity contribution in [3.63, 3.8) is 0 Å². The SMILES string of the molecule is CC(C)CNCc1cnn(CCc2cnn(C)c2)c1. The van der Waals surface area contributed by atoms with Crippen LogP contribution in [0.25, 0.3) is 0 Å². The second-order valence-electron chi connectivity index (χ2n) is 5.41. The van der Waals surface area contributed by atoms with E-state index in [1.54, 1.807) is 0 Å². The monoisotopic (exact) mass is 261 g/mol. The molecule has 19 heavy (non-hydrogen) atoms. The zero-order valence-electron chi connectivity index (χ0n) is 12.0. The quantitative estimate of drug-likeness (QED) is 0.823. The first-order chi connectivity index (χ1) is 9.13. The van der Waals surface area contributed by atoms with Crippen LogP contribution in [-0.2, 0) is 26.6 Å². The molecule has 2 aromatic heterocycles. The van der Waals surface area contributed by atoms with E-state index in [-0.39, 0.29) is 0 Å². The molecule has 2 heterocycles. The number of rotatable bonds is 7. The first-order valence-corrected chi connectivity index (χ1v) is 6.83. The second kappa shape index (κ2) is 6.52. The first-order valence-electron chi connectivity index (χ1n) is 6.83. The Bertz CT molecular complexity index is 497. The van der Waals surface area contributed by atoms with Gasteiger partial charge in [-0.2, -0.15) is 10.2 Å². The molecule has 0 aliphatic heterocycles. The predicted molar refractivity (Wildman–Crippen MR) is 75.7 cm³/mol. The van der Waals surface area contributed by atoms with Gasteiger partial charge in [0.1, 0.15) is 0 Å². The van der Waals surface area contributed by atoms with Crippen molar-refractivity contribution < 1.29 is 0 Å². The molecule has 0 radical (unpaired) electrons. The number of nitrogens with one attached hydrogen (secondary N) is 1. The van der Waals surface area contributed by atoms with Crippen LogP contribution in [0, 0.1) is 5.92 Å². The fraction of sp³-hybridized carbons (Fsp3) is 0.571. The largest absolute Gasteiger partial charge is 0.312 e. The Morgan fingerprint density at radius 2 is 1.95 bits per heavy atom. The summed E-state index contributed by atoms with van der Waals surface area (Å²) in [5.41, 5.74) is 2.49. The van der Waals surface area contributed by atoms with Gasteiger partial charge in [-0.1, -0.05) is 13.8 Å². The summed E-state index contributed by atoms with van der Waals surface area (Å²) in [5.74, 6) is 0.681. The van der Waals surface area contributed by atoms with Crippen molar-refractivity contribution in [1.82, 2.24) is 24.9 Å². The summed E-state index contributed by atoms with van der Waals surface area (Å²) >= 11 is 0. The second-order valence-corrected chi connectivity index (χ2v) is 5.41. The van der Waals surface area contributed by atoms with Crippen LogP contribution in [0.2, 0.25) is 0 Å². The summed E-state index contributed by atoms with van der Waals surface area (Å²) in [6.45, 7) is 7.26. The van der Waals surface area contributed by atoms with E-state index in [0.29, 0.717) is 5.92 Å². The molecule has 104 valence electrons. The molecule has 0 saturated carbocycles. The number of aromatic nitrogens is 4. The summed E-state index contributed by atoms with van der Waals surface area (Å²) in [6.07, 6.45) is 8.98. The highest BCUT2D eigenvalue weighted by atomic mass is 15.3. The number of aryl methyl sites for hydroxylation is 3. The average molecular weight is 261 g/mol. The van der Waals surface area contributed by atoms with Crippen LogP contribution in [-0.4, -0.2) is 26.1 Å². The van der Waals surface area contributed by atoms with Crippen molar-refractivity contribution in [3.05, 3.63) is 35.9 Å². The topological polar surface area (TPSA) is 47.7 Å². The number of nitrogens with zero attached hydrogens (tertiary/aromatic N) is 4. The fourth-order valence-corrected chi connectivity index (χ4v) is 1.97. The maximum absolute atomic E-state index is 4.39. The first kappa shape index (κ1) is 13.8. The smallest absolute Gasteiger partial charge is 0.0534 e. The van der Waals surface area contributed by atoms with Crippen molar-refractivity contribution in [2.45, 2.75) is 33.4 Å². The van der Waals surface area contributed by atoms with Gasteiger partial charge in [-0.05, 0) is 24.4 Å². The highest BCUT2D eigenvalue weighted by molar-refractivity contribution is 5.06. The molecular weight excluding hydrogens is 238 g/mol. The molecular formula is C14H23N5. The van der Waals surface area contributed by atoms with Crippen molar-refractivity contribution in [2.75, 3.05) is 6.54 Å². The van der Waals surface area contributed by atoms with E-state index < -0.39 is 0 Å². The summed E-state index contributed by atoms with van der Waals surface area (Å²) < 4.78 is 3.83. The average Bonchev–Trinajstić information content (AvgIpc) is 2.95. The Hall–Kier alpha value is -1.62. The highest BCUT2D eigenvalue weighted by Gasteiger charge is 2.01. The fourth-order valence-electron chi connectivity index (χ4n) is 1.97. The van der Waals surface area contributed by atoms with Gasteiger partial charge >= 0.3 is 0 Å². The lowest BCUT2D eigenvalue weighted by molar-refractivity contribution is 0.551. The molecule has 0 atom stereocenters. The lowest BCUT2D eigenvalue weighted by Crippen LogP contribution is -2.18. The molecule has 0 amide bonds. The van der Waals surface area contributed by atoms with Crippen molar-refractivity contribution in [3.8, 4) is 0 Å². The van der Waals surface area contributed by atoms with Gasteiger partial charge in [0.15, 0.2) is 0 Å². The van der Waals surface area contributed by atoms with E-state index in [9.17, 15) is 0 Å². The summed E-state index contributed by atoms with van der Waals surface area (Å²) in [4.78, 5) is 0. The van der Waals surface area contributed by atoms with Gasteiger partial charge in [0.25, 0.3) is 0 Å². The van der Waals surface area contributed by atoms with E-state index in [0.717, 1.165) is 26.1 Å². The van der Waals surface area contributed by atoms with Crippen LogP contribution in [0.4, 0.5) is 0 Å². The third-order valence-corrected chi connectivity index (χ3v) is 2.96. The number of hydrogen-bond acceptors (Lipinski definition) is 3. The lowest BCUT2D eigenvalue weighted by Gasteiger charge is -2.05. The molecule has 5 heteroatoms. The Labute approximate surface area is 114 Å². The standard InChI is InChI=1S/C14H23N5/c1-12(2)6-15-7-14-9-17-19(11-14)5-4-13-8-16-18(3)10-13/h8-12,15H,4-7H2,1-3H3. The molecule has 5 nitrogen and oxygen atoms in total. The molecule has 0 fully saturated rings. The minimum absolute atomic E-state index is 0.681. The Kier molecular flexibility index (Phi) is 4.74. The normalized spacial score (nSPS) is 11.4. The molecule has 0 aliphatic rings. The van der Waals surface area contributed by atoms with Gasteiger partial charge in [-0.15, -0.1) is 0 Å². The Morgan fingerprint density at radius 3 is 2.63 bits per heavy atom. The molecule has 0 spiro atoms. The third-order valence-electron chi connectivity index (χ3n) is 2.96. The van der Waals surface area contributed by atoms with E-state index in [1.807, 2.05) is 28.8 Å². The van der Waals surface area contributed by atoms with Crippen LogP contribution < -0.4 is 5.32 Å². The van der Waals surface area contributed by atoms with Crippen LogP contribution in [0.5, 0.6) is 0 Å². The van der Waals surface area contributed by atoms with Crippen LogP contribution >= 0.6 is 0 Å². The number of hydrogen-bond donors (Lipinski definition) is 1. The third kappa shape index (κ3) is 4.52. The van der Waals surface area contributed by atoms with Crippen molar-refractivity contribution in [1.29, 1.82) is 0 Å². The van der Waals surface area contributed by atoms with Gasteiger partial charge in [-0.25, -0.2) is 0 Å². The minimum Gasteiger partial charge on any atom is -0.312 e. The van der Waals surface area contributed by atoms with Crippen molar-refractivity contribution in [2.24, 2.45) is 13.0 Å². The van der Waals surface area contributed by atoms with Crippen LogP contribution in [0.3, 0.4) is 0 Å².